The van der Waals surface area contributed by atoms with Gasteiger partial charge in [0.05, 0.1) is 16.9 Å². The van der Waals surface area contributed by atoms with Crippen molar-refractivity contribution in [1.29, 1.82) is 5.26 Å². The first-order valence-corrected chi connectivity index (χ1v) is 12.5. The molecule has 178 valence electrons. The largest absolute Gasteiger partial charge is 0.350 e. The first-order chi connectivity index (χ1) is 16.2. The van der Waals surface area contributed by atoms with Crippen LogP contribution in [0.15, 0.2) is 47.4 Å². The fourth-order valence-electron chi connectivity index (χ4n) is 4.20. The molecule has 1 atom stereocenters. The van der Waals surface area contributed by atoms with Gasteiger partial charge in [0.15, 0.2) is 0 Å². The summed E-state index contributed by atoms with van der Waals surface area (Å²) < 4.78 is 40.9. The van der Waals surface area contributed by atoms with Crippen molar-refractivity contribution in [2.24, 2.45) is 5.92 Å². The Labute approximate surface area is 198 Å². The lowest BCUT2D eigenvalue weighted by molar-refractivity contribution is -0.125. The second-order valence-electron chi connectivity index (χ2n) is 8.65. The maximum absolute atomic E-state index is 14.1. The summed E-state index contributed by atoms with van der Waals surface area (Å²) in [6.07, 6.45) is 1.10. The molecule has 0 aliphatic carbocycles. The summed E-state index contributed by atoms with van der Waals surface area (Å²) in [5.41, 5.74) is 1.31. The molecule has 0 radical (unpaired) electrons. The highest BCUT2D eigenvalue weighted by atomic mass is 32.2. The van der Waals surface area contributed by atoms with Gasteiger partial charge in [-0.05, 0) is 49.6 Å². The number of rotatable bonds is 6. The van der Waals surface area contributed by atoms with Gasteiger partial charge in [0, 0.05) is 37.3 Å². The monoisotopic (exact) mass is 484 g/mol. The van der Waals surface area contributed by atoms with Crippen molar-refractivity contribution in [3.8, 4) is 6.07 Å². The molecule has 10 heteroatoms. The third-order valence-corrected chi connectivity index (χ3v) is 8.05. The number of nitrogens with zero attached hydrogens (tertiary/aromatic N) is 3. The lowest BCUT2D eigenvalue weighted by Gasteiger charge is -2.34. The predicted molar refractivity (Wildman–Crippen MR) is 121 cm³/mol. The van der Waals surface area contributed by atoms with Crippen molar-refractivity contribution >= 4 is 21.8 Å². The Kier molecular flexibility index (Phi) is 6.68. The van der Waals surface area contributed by atoms with Crippen LogP contribution in [0.5, 0.6) is 0 Å². The van der Waals surface area contributed by atoms with E-state index in [1.54, 1.807) is 19.1 Å². The molecule has 0 aromatic heterocycles. The fourth-order valence-corrected chi connectivity index (χ4v) is 5.78. The normalized spacial score (nSPS) is 18.9. The van der Waals surface area contributed by atoms with Gasteiger partial charge in [-0.15, -0.1) is 0 Å². The van der Waals surface area contributed by atoms with Gasteiger partial charge in [-0.2, -0.15) is 9.57 Å². The number of halogens is 1. The molecule has 2 aromatic rings. The number of sulfonamides is 1. The Morgan fingerprint density at radius 3 is 2.68 bits per heavy atom. The molecular formula is C24H25FN4O4S. The minimum Gasteiger partial charge on any atom is -0.350 e. The van der Waals surface area contributed by atoms with Crippen LogP contribution in [0.3, 0.4) is 0 Å². The summed E-state index contributed by atoms with van der Waals surface area (Å²) in [5, 5.41) is 11.6. The molecule has 0 bridgehead atoms. The van der Waals surface area contributed by atoms with Gasteiger partial charge in [-0.1, -0.05) is 18.2 Å². The molecule has 2 fully saturated rings. The van der Waals surface area contributed by atoms with Crippen molar-refractivity contribution in [2.75, 3.05) is 19.6 Å². The highest BCUT2D eigenvalue weighted by molar-refractivity contribution is 7.89. The number of aryl methyl sites for hydroxylation is 1. The van der Waals surface area contributed by atoms with Crippen molar-refractivity contribution in [3.63, 3.8) is 0 Å². The zero-order valence-electron chi connectivity index (χ0n) is 18.7. The third kappa shape index (κ3) is 4.67. The first kappa shape index (κ1) is 23.9. The van der Waals surface area contributed by atoms with Crippen LogP contribution in [0.4, 0.5) is 4.39 Å². The summed E-state index contributed by atoms with van der Waals surface area (Å²) in [5.74, 6) is -1.54. The lowest BCUT2D eigenvalue weighted by atomic mass is 10.1. The average Bonchev–Trinajstić information content (AvgIpc) is 3.27. The molecule has 0 unspecified atom stereocenters. The number of benzene rings is 2. The van der Waals surface area contributed by atoms with E-state index in [-0.39, 0.29) is 41.9 Å². The van der Waals surface area contributed by atoms with Gasteiger partial charge in [0.1, 0.15) is 11.9 Å². The topological polar surface area (TPSA) is 111 Å². The van der Waals surface area contributed by atoms with Crippen LogP contribution < -0.4 is 5.32 Å². The molecular weight excluding hydrogens is 459 g/mol. The fraction of sp³-hybridized carbons (Fsp3) is 0.375. The van der Waals surface area contributed by atoms with E-state index in [1.165, 1.54) is 39.5 Å². The maximum atomic E-state index is 14.1. The predicted octanol–water partition coefficient (Wildman–Crippen LogP) is 2.20. The van der Waals surface area contributed by atoms with E-state index in [2.05, 4.69) is 5.32 Å². The van der Waals surface area contributed by atoms with E-state index in [0.29, 0.717) is 24.9 Å². The summed E-state index contributed by atoms with van der Waals surface area (Å²) >= 11 is 0. The second-order valence-corrected chi connectivity index (χ2v) is 10.6. The molecule has 8 nitrogen and oxygen atoms in total. The molecule has 0 spiro atoms. The Balaban J connectivity index is 1.45. The zero-order valence-corrected chi connectivity index (χ0v) is 19.5. The number of hydrogen-bond donors (Lipinski definition) is 1. The Morgan fingerprint density at radius 2 is 1.97 bits per heavy atom. The van der Waals surface area contributed by atoms with Crippen molar-refractivity contribution in [1.82, 2.24) is 14.5 Å². The Hall–Kier alpha value is -3.29. The van der Waals surface area contributed by atoms with E-state index in [9.17, 15) is 22.4 Å². The molecule has 1 N–H and O–H groups in total. The minimum absolute atomic E-state index is 0.0106. The molecule has 2 heterocycles. The van der Waals surface area contributed by atoms with Crippen LogP contribution in [0, 0.1) is 30.0 Å². The van der Waals surface area contributed by atoms with Gasteiger partial charge in [0.25, 0.3) is 5.91 Å². The molecule has 2 amide bonds. The van der Waals surface area contributed by atoms with Gasteiger partial charge in [-0.3, -0.25) is 9.59 Å². The van der Waals surface area contributed by atoms with Crippen LogP contribution in [-0.4, -0.2) is 55.1 Å². The van der Waals surface area contributed by atoms with Gasteiger partial charge < -0.3 is 10.2 Å². The molecule has 2 aromatic carbocycles. The van der Waals surface area contributed by atoms with Crippen LogP contribution in [-0.2, 0) is 21.4 Å². The highest BCUT2D eigenvalue weighted by Gasteiger charge is 2.38. The number of amides is 2. The molecule has 2 aliphatic rings. The number of nitrogens with one attached hydrogen (secondary N) is 1. The summed E-state index contributed by atoms with van der Waals surface area (Å²) in [4.78, 5) is 27.4. The van der Waals surface area contributed by atoms with Crippen LogP contribution in [0.25, 0.3) is 0 Å². The smallest absolute Gasteiger partial charge is 0.254 e. The molecule has 2 aliphatic heterocycles. The standard InChI is InChI=1S/C24H25FN4O4S/c1-16-7-8-19(21(25)10-16)13-27-23(30)22-6-3-9-29(22)24(31)18-4-2-5-20(11-18)34(32,33)28-14-17(12-26)15-28/h2,4-5,7-8,10-11,17,22H,3,6,9,13-15H2,1H3,(H,27,30)/t22-/m1/s1. The summed E-state index contributed by atoms with van der Waals surface area (Å²) in [7, 11) is -3.80. The third-order valence-electron chi connectivity index (χ3n) is 6.23. The van der Waals surface area contributed by atoms with E-state index >= 15 is 0 Å². The van der Waals surface area contributed by atoms with E-state index in [4.69, 9.17) is 5.26 Å². The zero-order chi connectivity index (χ0) is 24.5. The minimum atomic E-state index is -3.80. The van der Waals surface area contributed by atoms with Crippen molar-refractivity contribution < 1.29 is 22.4 Å². The molecule has 2 saturated heterocycles. The van der Waals surface area contributed by atoms with Crippen LogP contribution in [0.2, 0.25) is 0 Å². The average molecular weight is 485 g/mol. The number of nitriles is 1. The number of carbonyl (C=O) groups is 2. The highest BCUT2D eigenvalue weighted by Crippen LogP contribution is 2.27. The van der Waals surface area contributed by atoms with Gasteiger partial charge in [0.2, 0.25) is 15.9 Å². The van der Waals surface area contributed by atoms with Crippen molar-refractivity contribution in [2.45, 2.75) is 37.2 Å². The summed E-state index contributed by atoms with van der Waals surface area (Å²) in [6.45, 7) is 2.42. The molecule has 4 rings (SSSR count). The van der Waals surface area contributed by atoms with Gasteiger partial charge >= 0.3 is 0 Å². The van der Waals surface area contributed by atoms with E-state index in [1.807, 2.05) is 6.07 Å². The van der Waals surface area contributed by atoms with Gasteiger partial charge in [-0.25, -0.2) is 12.8 Å². The quantitative estimate of drug-likeness (QED) is 0.676. The van der Waals surface area contributed by atoms with E-state index < -0.39 is 27.8 Å². The first-order valence-electron chi connectivity index (χ1n) is 11.0. The van der Waals surface area contributed by atoms with Crippen LogP contribution in [0.1, 0.15) is 34.3 Å². The molecule has 0 saturated carbocycles. The van der Waals surface area contributed by atoms with E-state index in [0.717, 1.165) is 5.56 Å². The maximum Gasteiger partial charge on any atom is 0.254 e. The number of carbonyl (C=O) groups excluding carboxylic acids is 2. The number of likely N-dealkylation sites (tertiary alicyclic amines) is 1. The van der Waals surface area contributed by atoms with Crippen LogP contribution >= 0.6 is 0 Å². The Morgan fingerprint density at radius 1 is 1.21 bits per heavy atom. The van der Waals surface area contributed by atoms with Crippen molar-refractivity contribution in [3.05, 3.63) is 65.0 Å². The SMILES string of the molecule is Cc1ccc(CNC(=O)[C@H]2CCCN2C(=O)c2cccc(S(=O)(=O)N3CC(C#N)C3)c2)c(F)c1. The Bertz CT molecular complexity index is 1270. The molecule has 34 heavy (non-hydrogen) atoms. The number of hydrogen-bond acceptors (Lipinski definition) is 5. The second kappa shape index (κ2) is 9.52. The summed E-state index contributed by atoms with van der Waals surface area (Å²) in [6, 6.07) is 11.8. The lowest BCUT2D eigenvalue weighted by Crippen LogP contribution is -2.49.